The molecule has 6 rings (SSSR count). The van der Waals surface area contributed by atoms with E-state index in [9.17, 15) is 0 Å². The number of benzene rings is 1. The molecule has 1 aromatic carbocycles. The normalized spacial score (nSPS) is 18.6. The van der Waals surface area contributed by atoms with Crippen LogP contribution in [0.4, 0.5) is 11.5 Å². The molecule has 166 valence electrons. The number of para-hydroxylation sites is 1. The summed E-state index contributed by atoms with van der Waals surface area (Å²) < 4.78 is 0. The zero-order valence-corrected chi connectivity index (χ0v) is 19.3. The van der Waals surface area contributed by atoms with Crippen molar-refractivity contribution in [2.75, 3.05) is 30.4 Å². The maximum absolute atomic E-state index is 6.47. The van der Waals surface area contributed by atoms with Gasteiger partial charge in [0.2, 0.25) is 0 Å². The molecule has 1 aliphatic rings. The van der Waals surface area contributed by atoms with Gasteiger partial charge in [-0.3, -0.25) is 9.97 Å². The van der Waals surface area contributed by atoms with Gasteiger partial charge in [0.1, 0.15) is 11.5 Å². The summed E-state index contributed by atoms with van der Waals surface area (Å²) >= 11 is 1.49. The first-order valence-electron chi connectivity index (χ1n) is 10.9. The van der Waals surface area contributed by atoms with Gasteiger partial charge in [-0.25, -0.2) is 9.97 Å². The van der Waals surface area contributed by atoms with E-state index in [1.807, 2.05) is 31.4 Å². The largest absolute Gasteiger partial charge is 0.386 e. The molecule has 5 aromatic rings. The number of pyridine rings is 2. The number of nitrogens with two attached hydrogens (primary N) is 1. The van der Waals surface area contributed by atoms with Crippen LogP contribution < -0.4 is 16.0 Å². The third kappa shape index (κ3) is 3.53. The molecule has 0 radical (unpaired) electrons. The predicted molar refractivity (Wildman–Crippen MR) is 134 cm³/mol. The molecular weight excluding hydrogens is 432 g/mol. The fourth-order valence-corrected chi connectivity index (χ4v) is 5.28. The predicted octanol–water partition coefficient (Wildman–Crippen LogP) is 4.17. The van der Waals surface area contributed by atoms with Crippen molar-refractivity contribution < 1.29 is 0 Å². The number of hydrogen-bond donors (Lipinski definition) is 3. The first kappa shape index (κ1) is 20.2. The minimum atomic E-state index is -0.235. The number of anilines is 2. The minimum absolute atomic E-state index is 0.235. The van der Waals surface area contributed by atoms with Gasteiger partial charge in [0, 0.05) is 48.4 Å². The standard InChI is InChI=1S/C24H24N8S/c1-24(25)8-10-32(13-24)22-19-15-5-3-6-17(26-2)20(15)29-21(19)30-23(31-22)33-14-11-18-16(28-12-14)7-4-9-27-18/h3-7,9,11-12,26H,8,10,13,25H2,1-2H3,(H,29,30,31). The zero-order chi connectivity index (χ0) is 22.6. The molecule has 1 unspecified atom stereocenters. The van der Waals surface area contributed by atoms with E-state index in [-0.39, 0.29) is 5.54 Å². The molecule has 1 saturated heterocycles. The highest BCUT2D eigenvalue weighted by Crippen LogP contribution is 2.38. The van der Waals surface area contributed by atoms with Gasteiger partial charge in [0.05, 0.1) is 27.6 Å². The van der Waals surface area contributed by atoms with E-state index in [0.29, 0.717) is 5.16 Å². The molecule has 1 fully saturated rings. The highest BCUT2D eigenvalue weighted by atomic mass is 32.2. The van der Waals surface area contributed by atoms with E-state index < -0.39 is 0 Å². The number of rotatable bonds is 4. The van der Waals surface area contributed by atoms with Gasteiger partial charge in [0.15, 0.2) is 5.16 Å². The summed E-state index contributed by atoms with van der Waals surface area (Å²) in [5.74, 6) is 0.919. The van der Waals surface area contributed by atoms with Crippen molar-refractivity contribution in [2.45, 2.75) is 28.9 Å². The van der Waals surface area contributed by atoms with Crippen LogP contribution in [0.5, 0.6) is 0 Å². The molecular formula is C24H24N8S. The summed E-state index contributed by atoms with van der Waals surface area (Å²) in [7, 11) is 1.93. The fourth-order valence-electron chi connectivity index (χ4n) is 4.53. The molecule has 0 spiro atoms. The van der Waals surface area contributed by atoms with Crippen molar-refractivity contribution in [3.63, 3.8) is 0 Å². The monoisotopic (exact) mass is 456 g/mol. The third-order valence-corrected chi connectivity index (χ3v) is 6.98. The molecule has 1 atom stereocenters. The van der Waals surface area contributed by atoms with E-state index in [4.69, 9.17) is 15.7 Å². The van der Waals surface area contributed by atoms with E-state index in [0.717, 1.165) is 68.9 Å². The van der Waals surface area contributed by atoms with Crippen LogP contribution in [-0.2, 0) is 0 Å². The summed E-state index contributed by atoms with van der Waals surface area (Å²) in [4.78, 5) is 25.6. The maximum Gasteiger partial charge on any atom is 0.196 e. The lowest BCUT2D eigenvalue weighted by atomic mass is 10.0. The summed E-state index contributed by atoms with van der Waals surface area (Å²) in [5, 5.41) is 6.07. The van der Waals surface area contributed by atoms with E-state index in [1.165, 1.54) is 11.8 Å². The Balaban J connectivity index is 1.51. The Hall–Kier alpha value is -3.43. The van der Waals surface area contributed by atoms with Crippen LogP contribution in [-0.4, -0.2) is 50.6 Å². The number of hydrogen-bond acceptors (Lipinski definition) is 8. The molecule has 33 heavy (non-hydrogen) atoms. The lowest BCUT2D eigenvalue weighted by molar-refractivity contribution is 0.524. The van der Waals surface area contributed by atoms with Crippen molar-refractivity contribution in [1.82, 2.24) is 24.9 Å². The van der Waals surface area contributed by atoms with Crippen LogP contribution in [0.2, 0.25) is 0 Å². The first-order chi connectivity index (χ1) is 16.0. The maximum atomic E-state index is 6.47. The Morgan fingerprint density at radius 3 is 2.88 bits per heavy atom. The highest BCUT2D eigenvalue weighted by Gasteiger charge is 2.32. The van der Waals surface area contributed by atoms with Gasteiger partial charge < -0.3 is 20.9 Å². The average molecular weight is 457 g/mol. The first-order valence-corrected chi connectivity index (χ1v) is 11.8. The van der Waals surface area contributed by atoms with Gasteiger partial charge >= 0.3 is 0 Å². The lowest BCUT2D eigenvalue weighted by Gasteiger charge is -2.21. The number of fused-ring (bicyclic) bond motifs is 4. The summed E-state index contributed by atoms with van der Waals surface area (Å²) in [6.45, 7) is 3.72. The number of nitrogens with one attached hydrogen (secondary N) is 2. The molecule has 4 aromatic heterocycles. The van der Waals surface area contributed by atoms with Crippen molar-refractivity contribution in [2.24, 2.45) is 5.73 Å². The Kier molecular flexibility index (Phi) is 4.63. The zero-order valence-electron chi connectivity index (χ0n) is 18.5. The van der Waals surface area contributed by atoms with Crippen molar-refractivity contribution in [3.8, 4) is 0 Å². The van der Waals surface area contributed by atoms with Crippen molar-refractivity contribution >= 4 is 56.2 Å². The third-order valence-electron chi connectivity index (χ3n) is 6.16. The molecule has 0 aliphatic carbocycles. The van der Waals surface area contributed by atoms with Gasteiger partial charge in [0.25, 0.3) is 0 Å². The Morgan fingerprint density at radius 2 is 2.06 bits per heavy atom. The second kappa shape index (κ2) is 7.57. The van der Waals surface area contributed by atoms with Crippen LogP contribution in [0.15, 0.2) is 58.8 Å². The molecule has 5 heterocycles. The molecule has 0 saturated carbocycles. The fraction of sp³-hybridized carbons (Fsp3) is 0.250. The van der Waals surface area contributed by atoms with E-state index >= 15 is 0 Å². The van der Waals surface area contributed by atoms with Crippen molar-refractivity contribution in [1.29, 1.82) is 0 Å². The van der Waals surface area contributed by atoms with E-state index in [2.05, 4.69) is 50.3 Å². The second-order valence-corrected chi connectivity index (χ2v) is 9.84. The minimum Gasteiger partial charge on any atom is -0.386 e. The van der Waals surface area contributed by atoms with Crippen LogP contribution in [0, 0.1) is 0 Å². The average Bonchev–Trinajstić information content (AvgIpc) is 3.37. The van der Waals surface area contributed by atoms with Gasteiger partial charge in [-0.15, -0.1) is 0 Å². The van der Waals surface area contributed by atoms with Crippen LogP contribution >= 0.6 is 11.8 Å². The molecule has 0 bridgehead atoms. The SMILES string of the molecule is CNc1cccc2c1[nH]c1nc(Sc3cnc4cccnc4c3)nc(N3CCC(C)(N)C3)c12. The molecule has 9 heteroatoms. The summed E-state index contributed by atoms with van der Waals surface area (Å²) in [5.41, 5.74) is 10.8. The van der Waals surface area contributed by atoms with Gasteiger partial charge in [-0.05, 0) is 49.4 Å². The Morgan fingerprint density at radius 1 is 1.15 bits per heavy atom. The van der Waals surface area contributed by atoms with Crippen molar-refractivity contribution in [3.05, 3.63) is 48.8 Å². The molecule has 0 amide bonds. The Labute approximate surface area is 195 Å². The topological polar surface area (TPSA) is 109 Å². The number of aromatic amines is 1. The van der Waals surface area contributed by atoms with E-state index in [1.54, 1.807) is 6.20 Å². The molecule has 4 N–H and O–H groups in total. The van der Waals surface area contributed by atoms with Crippen LogP contribution in [0.25, 0.3) is 33.0 Å². The van der Waals surface area contributed by atoms with Crippen LogP contribution in [0.3, 0.4) is 0 Å². The quantitative estimate of drug-likeness (QED) is 0.346. The number of nitrogens with zero attached hydrogens (tertiary/aromatic N) is 5. The number of H-pyrrole nitrogens is 1. The van der Waals surface area contributed by atoms with Gasteiger partial charge in [-0.1, -0.05) is 12.1 Å². The molecule has 1 aliphatic heterocycles. The Bertz CT molecular complexity index is 1510. The molecule has 8 nitrogen and oxygen atoms in total. The second-order valence-electron chi connectivity index (χ2n) is 8.80. The van der Waals surface area contributed by atoms with Crippen LogP contribution in [0.1, 0.15) is 13.3 Å². The number of aromatic nitrogens is 5. The highest BCUT2D eigenvalue weighted by molar-refractivity contribution is 7.99. The lowest BCUT2D eigenvalue weighted by Crippen LogP contribution is -2.39. The van der Waals surface area contributed by atoms with Gasteiger partial charge in [-0.2, -0.15) is 0 Å². The summed E-state index contributed by atoms with van der Waals surface area (Å²) in [6, 6.07) is 12.1. The smallest absolute Gasteiger partial charge is 0.196 e. The summed E-state index contributed by atoms with van der Waals surface area (Å²) in [6.07, 6.45) is 4.55.